The molecule has 2 aromatic heterocycles. The van der Waals surface area contributed by atoms with Gasteiger partial charge >= 0.3 is 0 Å². The number of phenolic OH excluding ortho intramolecular Hbond substituents is 1. The second-order valence-electron chi connectivity index (χ2n) is 5.04. The lowest BCUT2D eigenvalue weighted by molar-refractivity contribution is 0.102. The van der Waals surface area contributed by atoms with Gasteiger partial charge in [0.15, 0.2) is 5.82 Å². The molecule has 116 valence electrons. The van der Waals surface area contributed by atoms with Gasteiger partial charge in [0.05, 0.1) is 5.56 Å². The number of phenols is 1. The minimum Gasteiger partial charge on any atom is -0.507 e. The number of pyridine rings is 1. The summed E-state index contributed by atoms with van der Waals surface area (Å²) in [6.07, 6.45) is 6.16. The first kappa shape index (κ1) is 14.8. The van der Waals surface area contributed by atoms with Crippen LogP contribution in [0.15, 0.2) is 61.1 Å². The van der Waals surface area contributed by atoms with E-state index in [-0.39, 0.29) is 17.2 Å². The van der Waals surface area contributed by atoms with E-state index >= 15 is 0 Å². The number of nitrogens with zero attached hydrogens (tertiary/aromatic N) is 3. The Kier molecular flexibility index (Phi) is 4.33. The smallest absolute Gasteiger partial charge is 0.260 e. The SMILES string of the molecule is O=C(Nc1ccn(CCc2ccncc2)n1)c1ccccc1O. The number of benzene rings is 1. The molecule has 0 atom stereocenters. The molecule has 0 aliphatic carbocycles. The summed E-state index contributed by atoms with van der Waals surface area (Å²) in [6, 6.07) is 12.0. The van der Waals surface area contributed by atoms with Crippen molar-refractivity contribution in [1.82, 2.24) is 14.8 Å². The normalized spacial score (nSPS) is 10.4. The fourth-order valence-corrected chi connectivity index (χ4v) is 2.20. The maximum absolute atomic E-state index is 12.1. The molecule has 3 aromatic rings. The van der Waals surface area contributed by atoms with Gasteiger partial charge in [0, 0.05) is 31.2 Å². The third kappa shape index (κ3) is 3.74. The van der Waals surface area contributed by atoms with Crippen LogP contribution in [-0.2, 0) is 13.0 Å². The van der Waals surface area contributed by atoms with Crippen LogP contribution in [0.1, 0.15) is 15.9 Å². The van der Waals surface area contributed by atoms with Crippen LogP contribution in [0.2, 0.25) is 0 Å². The highest BCUT2D eigenvalue weighted by atomic mass is 16.3. The summed E-state index contributed by atoms with van der Waals surface area (Å²) in [5.74, 6) is 0.0117. The summed E-state index contributed by atoms with van der Waals surface area (Å²) in [6.45, 7) is 0.705. The van der Waals surface area contributed by atoms with Crippen molar-refractivity contribution in [2.75, 3.05) is 5.32 Å². The van der Waals surface area contributed by atoms with E-state index in [0.717, 1.165) is 6.42 Å². The molecule has 0 aliphatic heterocycles. The van der Waals surface area contributed by atoms with Crippen molar-refractivity contribution in [3.05, 3.63) is 72.2 Å². The lowest BCUT2D eigenvalue weighted by atomic mass is 10.2. The van der Waals surface area contributed by atoms with Crippen molar-refractivity contribution >= 4 is 11.7 Å². The monoisotopic (exact) mass is 308 g/mol. The first-order valence-electron chi connectivity index (χ1n) is 7.24. The van der Waals surface area contributed by atoms with Gasteiger partial charge in [-0.25, -0.2) is 0 Å². The fraction of sp³-hybridized carbons (Fsp3) is 0.118. The van der Waals surface area contributed by atoms with E-state index in [1.807, 2.05) is 18.3 Å². The number of nitrogens with one attached hydrogen (secondary N) is 1. The molecule has 0 spiro atoms. The number of para-hydroxylation sites is 1. The van der Waals surface area contributed by atoms with Crippen LogP contribution in [0.25, 0.3) is 0 Å². The van der Waals surface area contributed by atoms with Crippen molar-refractivity contribution in [2.45, 2.75) is 13.0 Å². The average Bonchev–Trinajstić information content (AvgIpc) is 3.02. The molecule has 23 heavy (non-hydrogen) atoms. The van der Waals surface area contributed by atoms with Gasteiger partial charge in [-0.15, -0.1) is 0 Å². The third-order valence-electron chi connectivity index (χ3n) is 3.41. The predicted octanol–water partition coefficient (Wildman–Crippen LogP) is 2.48. The molecule has 0 saturated carbocycles. The van der Waals surface area contributed by atoms with Gasteiger partial charge in [0.2, 0.25) is 0 Å². The Morgan fingerprint density at radius 1 is 1.13 bits per heavy atom. The number of rotatable bonds is 5. The van der Waals surface area contributed by atoms with E-state index in [1.54, 1.807) is 41.3 Å². The van der Waals surface area contributed by atoms with Crippen molar-refractivity contribution in [1.29, 1.82) is 0 Å². The maximum atomic E-state index is 12.1. The average molecular weight is 308 g/mol. The van der Waals surface area contributed by atoms with E-state index in [2.05, 4.69) is 15.4 Å². The standard InChI is InChI=1S/C17H16N4O2/c22-15-4-2-1-3-14(15)17(23)19-16-8-12-21(20-16)11-7-13-5-9-18-10-6-13/h1-6,8-10,12,22H,7,11H2,(H,19,20,23). The Morgan fingerprint density at radius 2 is 1.91 bits per heavy atom. The van der Waals surface area contributed by atoms with Crippen LogP contribution in [0.5, 0.6) is 5.75 Å². The van der Waals surface area contributed by atoms with E-state index < -0.39 is 0 Å². The number of aromatic nitrogens is 3. The van der Waals surface area contributed by atoms with Crippen molar-refractivity contribution in [3.63, 3.8) is 0 Å². The van der Waals surface area contributed by atoms with E-state index in [0.29, 0.717) is 12.4 Å². The summed E-state index contributed by atoms with van der Waals surface area (Å²) in [4.78, 5) is 16.1. The molecular weight excluding hydrogens is 292 g/mol. The first-order chi connectivity index (χ1) is 11.2. The Bertz CT molecular complexity index is 799. The largest absolute Gasteiger partial charge is 0.507 e. The number of carbonyl (C=O) groups excluding carboxylic acids is 1. The van der Waals surface area contributed by atoms with Crippen LogP contribution < -0.4 is 5.32 Å². The molecule has 0 unspecified atom stereocenters. The zero-order chi connectivity index (χ0) is 16.1. The van der Waals surface area contributed by atoms with Crippen molar-refractivity contribution in [2.24, 2.45) is 0 Å². The van der Waals surface area contributed by atoms with E-state index in [9.17, 15) is 9.90 Å². The summed E-state index contributed by atoms with van der Waals surface area (Å²) < 4.78 is 1.76. The molecular formula is C17H16N4O2. The number of amides is 1. The van der Waals surface area contributed by atoms with Crippen LogP contribution in [0.3, 0.4) is 0 Å². The third-order valence-corrected chi connectivity index (χ3v) is 3.41. The minimum absolute atomic E-state index is 0.0536. The van der Waals surface area contributed by atoms with Gasteiger partial charge in [-0.3, -0.25) is 14.5 Å². The van der Waals surface area contributed by atoms with Crippen molar-refractivity contribution in [3.8, 4) is 5.75 Å². The Morgan fingerprint density at radius 3 is 2.70 bits per heavy atom. The first-order valence-corrected chi connectivity index (χ1v) is 7.24. The van der Waals surface area contributed by atoms with Crippen LogP contribution >= 0.6 is 0 Å². The highest BCUT2D eigenvalue weighted by molar-refractivity contribution is 6.05. The summed E-state index contributed by atoms with van der Waals surface area (Å²) >= 11 is 0. The van der Waals surface area contributed by atoms with Crippen LogP contribution in [-0.4, -0.2) is 25.8 Å². The molecule has 3 rings (SSSR count). The highest BCUT2D eigenvalue weighted by Crippen LogP contribution is 2.17. The lowest BCUT2D eigenvalue weighted by Gasteiger charge is -2.04. The summed E-state index contributed by atoms with van der Waals surface area (Å²) in [5.41, 5.74) is 1.40. The molecule has 2 N–H and O–H groups in total. The Balaban J connectivity index is 1.61. The van der Waals surface area contributed by atoms with Gasteiger partial charge in [-0.1, -0.05) is 12.1 Å². The minimum atomic E-state index is -0.387. The predicted molar refractivity (Wildman–Crippen MR) is 86.2 cm³/mol. The molecule has 6 heteroatoms. The molecule has 0 radical (unpaired) electrons. The topological polar surface area (TPSA) is 80.0 Å². The number of hydrogen-bond donors (Lipinski definition) is 2. The molecule has 1 aromatic carbocycles. The second kappa shape index (κ2) is 6.74. The Labute approximate surface area is 133 Å². The number of hydrogen-bond acceptors (Lipinski definition) is 4. The van der Waals surface area contributed by atoms with Crippen LogP contribution in [0, 0.1) is 0 Å². The summed E-state index contributed by atoms with van der Waals surface area (Å²) in [7, 11) is 0. The molecule has 0 bridgehead atoms. The molecule has 0 fully saturated rings. The van der Waals surface area contributed by atoms with E-state index in [4.69, 9.17) is 0 Å². The lowest BCUT2D eigenvalue weighted by Crippen LogP contribution is -2.13. The Hall–Kier alpha value is -3.15. The molecule has 0 aliphatic rings. The molecule has 1 amide bonds. The maximum Gasteiger partial charge on any atom is 0.260 e. The summed E-state index contributed by atoms with van der Waals surface area (Å²) in [5, 5.41) is 16.7. The zero-order valence-electron chi connectivity index (χ0n) is 12.4. The quantitative estimate of drug-likeness (QED) is 0.759. The van der Waals surface area contributed by atoms with Crippen LogP contribution in [0.4, 0.5) is 5.82 Å². The highest BCUT2D eigenvalue weighted by Gasteiger charge is 2.11. The zero-order valence-corrected chi connectivity index (χ0v) is 12.4. The van der Waals surface area contributed by atoms with Gasteiger partial charge in [0.25, 0.3) is 5.91 Å². The molecule has 6 nitrogen and oxygen atoms in total. The van der Waals surface area contributed by atoms with Gasteiger partial charge in [-0.2, -0.15) is 5.10 Å². The van der Waals surface area contributed by atoms with Gasteiger partial charge < -0.3 is 10.4 Å². The number of carbonyl (C=O) groups is 1. The molecule has 0 saturated heterocycles. The van der Waals surface area contributed by atoms with Crippen molar-refractivity contribution < 1.29 is 9.90 Å². The van der Waals surface area contributed by atoms with Gasteiger partial charge in [-0.05, 0) is 36.2 Å². The van der Waals surface area contributed by atoms with E-state index in [1.165, 1.54) is 11.6 Å². The molecule has 2 heterocycles. The van der Waals surface area contributed by atoms with Gasteiger partial charge in [0.1, 0.15) is 5.75 Å². The fourth-order valence-electron chi connectivity index (χ4n) is 2.20. The number of anilines is 1. The number of aromatic hydroxyl groups is 1. The number of aryl methyl sites for hydroxylation is 2. The second-order valence-corrected chi connectivity index (χ2v) is 5.04.